The average Bonchev–Trinajstić information content (AvgIpc) is 2.66. The summed E-state index contributed by atoms with van der Waals surface area (Å²) in [6, 6.07) is 1.12. The van der Waals surface area contributed by atoms with Crippen molar-refractivity contribution in [2.75, 3.05) is 18.1 Å². The van der Waals surface area contributed by atoms with Crippen LogP contribution >= 0.6 is 0 Å². The van der Waals surface area contributed by atoms with E-state index < -0.39 is 16.1 Å². The molecule has 1 fully saturated rings. The molecule has 1 aliphatic heterocycles. The van der Waals surface area contributed by atoms with E-state index in [0.29, 0.717) is 18.8 Å². The van der Waals surface area contributed by atoms with Crippen LogP contribution in [-0.4, -0.2) is 47.3 Å². The fourth-order valence-electron chi connectivity index (χ4n) is 2.50. The molecular weight excluding hydrogens is 280 g/mol. The summed E-state index contributed by atoms with van der Waals surface area (Å²) in [6.45, 7) is 2.24. The summed E-state index contributed by atoms with van der Waals surface area (Å²) in [7, 11) is -1.63. The highest BCUT2D eigenvalue weighted by Crippen LogP contribution is 2.21. The van der Waals surface area contributed by atoms with E-state index in [1.807, 2.05) is 6.92 Å². The molecule has 1 aromatic rings. The number of carbonyl (C=O) groups excluding carboxylic acids is 1. The SMILES string of the molecule is Cc1cc(NC(=O)[C@H]2CCCCN2S(C)(=O)=O)n(C)n1. The van der Waals surface area contributed by atoms with E-state index in [1.54, 1.807) is 17.8 Å². The van der Waals surface area contributed by atoms with Gasteiger partial charge >= 0.3 is 0 Å². The fraction of sp³-hybridized carbons (Fsp3) is 0.667. The van der Waals surface area contributed by atoms with Gasteiger partial charge in [-0.3, -0.25) is 9.48 Å². The van der Waals surface area contributed by atoms with Crippen LogP contribution in [0.1, 0.15) is 25.0 Å². The molecule has 20 heavy (non-hydrogen) atoms. The predicted octanol–water partition coefficient (Wildman–Crippen LogP) is 0.481. The Morgan fingerprint density at radius 3 is 2.70 bits per heavy atom. The maximum absolute atomic E-state index is 12.3. The number of rotatable bonds is 3. The second-order valence-corrected chi connectivity index (χ2v) is 7.10. The van der Waals surface area contributed by atoms with Crippen LogP contribution in [-0.2, 0) is 21.9 Å². The van der Waals surface area contributed by atoms with E-state index in [9.17, 15) is 13.2 Å². The number of nitrogens with zero attached hydrogens (tertiary/aromatic N) is 3. The highest BCUT2D eigenvalue weighted by atomic mass is 32.2. The zero-order valence-corrected chi connectivity index (χ0v) is 12.8. The number of nitrogens with one attached hydrogen (secondary N) is 1. The predicted molar refractivity (Wildman–Crippen MR) is 75.8 cm³/mol. The summed E-state index contributed by atoms with van der Waals surface area (Å²) < 4.78 is 26.4. The number of aromatic nitrogens is 2. The van der Waals surface area contributed by atoms with Gasteiger partial charge in [0.1, 0.15) is 11.9 Å². The third kappa shape index (κ3) is 3.18. The zero-order chi connectivity index (χ0) is 14.9. The van der Waals surface area contributed by atoms with Crippen molar-refractivity contribution >= 4 is 21.7 Å². The standard InChI is InChI=1S/C12H20N4O3S/c1-9-8-11(15(2)14-9)13-12(17)10-6-4-5-7-16(10)20(3,18)19/h8,10H,4-7H2,1-3H3,(H,13,17)/t10-/m1/s1. The van der Waals surface area contributed by atoms with Gasteiger partial charge in [0.05, 0.1) is 11.9 Å². The lowest BCUT2D eigenvalue weighted by atomic mass is 10.0. The lowest BCUT2D eigenvalue weighted by molar-refractivity contribution is -0.120. The molecule has 7 nitrogen and oxygen atoms in total. The van der Waals surface area contributed by atoms with Crippen LogP contribution in [0.15, 0.2) is 6.07 Å². The summed E-state index contributed by atoms with van der Waals surface area (Å²) in [6.07, 6.45) is 3.35. The van der Waals surface area contributed by atoms with Crippen LogP contribution in [0, 0.1) is 6.92 Å². The zero-order valence-electron chi connectivity index (χ0n) is 12.0. The summed E-state index contributed by atoms with van der Waals surface area (Å²) in [5.74, 6) is 0.282. The third-order valence-corrected chi connectivity index (χ3v) is 4.72. The molecule has 1 atom stereocenters. The number of hydrogen-bond donors (Lipinski definition) is 1. The summed E-state index contributed by atoms with van der Waals surface area (Å²) in [5, 5.41) is 6.91. The van der Waals surface area contributed by atoms with Gasteiger partial charge in [-0.25, -0.2) is 8.42 Å². The number of sulfonamides is 1. The molecule has 0 spiro atoms. The van der Waals surface area contributed by atoms with Crippen molar-refractivity contribution in [2.24, 2.45) is 7.05 Å². The minimum absolute atomic E-state index is 0.293. The second kappa shape index (κ2) is 5.53. The van der Waals surface area contributed by atoms with Crippen molar-refractivity contribution in [1.29, 1.82) is 0 Å². The minimum Gasteiger partial charge on any atom is -0.310 e. The normalized spacial score (nSPS) is 20.9. The van der Waals surface area contributed by atoms with Crippen molar-refractivity contribution < 1.29 is 13.2 Å². The maximum Gasteiger partial charge on any atom is 0.243 e. The number of amides is 1. The monoisotopic (exact) mass is 300 g/mol. The molecule has 0 aliphatic carbocycles. The van der Waals surface area contributed by atoms with Gasteiger partial charge in [0.25, 0.3) is 0 Å². The quantitative estimate of drug-likeness (QED) is 0.880. The lowest BCUT2D eigenvalue weighted by Gasteiger charge is -2.32. The second-order valence-electron chi connectivity index (χ2n) is 5.17. The first-order valence-electron chi connectivity index (χ1n) is 6.57. The molecule has 0 aromatic carbocycles. The smallest absolute Gasteiger partial charge is 0.243 e. The Bertz CT molecular complexity index is 608. The Morgan fingerprint density at radius 1 is 1.45 bits per heavy atom. The highest BCUT2D eigenvalue weighted by Gasteiger charge is 2.34. The first-order chi connectivity index (χ1) is 9.29. The van der Waals surface area contributed by atoms with Gasteiger partial charge in [-0.1, -0.05) is 6.42 Å². The van der Waals surface area contributed by atoms with Crippen LogP contribution in [0.2, 0.25) is 0 Å². The van der Waals surface area contributed by atoms with Crippen molar-refractivity contribution in [3.63, 3.8) is 0 Å². The molecule has 1 amide bonds. The Hall–Kier alpha value is -1.41. The Morgan fingerprint density at radius 2 is 2.15 bits per heavy atom. The summed E-state index contributed by atoms with van der Waals surface area (Å²) in [4.78, 5) is 12.3. The first kappa shape index (κ1) is 15.0. The molecule has 8 heteroatoms. The van der Waals surface area contributed by atoms with Crippen LogP contribution in [0.5, 0.6) is 0 Å². The van der Waals surface area contributed by atoms with Crippen molar-refractivity contribution in [3.05, 3.63) is 11.8 Å². The third-order valence-electron chi connectivity index (χ3n) is 3.44. The molecule has 0 unspecified atom stereocenters. The number of hydrogen-bond acceptors (Lipinski definition) is 4. The van der Waals surface area contributed by atoms with Crippen LogP contribution in [0.4, 0.5) is 5.82 Å². The molecule has 1 saturated heterocycles. The van der Waals surface area contributed by atoms with Gasteiger partial charge in [0, 0.05) is 19.7 Å². The van der Waals surface area contributed by atoms with E-state index >= 15 is 0 Å². The van der Waals surface area contributed by atoms with E-state index in [2.05, 4.69) is 10.4 Å². The van der Waals surface area contributed by atoms with Crippen LogP contribution in [0.25, 0.3) is 0 Å². The van der Waals surface area contributed by atoms with Crippen molar-refractivity contribution in [1.82, 2.24) is 14.1 Å². The molecule has 0 bridgehead atoms. The van der Waals surface area contributed by atoms with Gasteiger partial charge in [0.15, 0.2) is 0 Å². The van der Waals surface area contributed by atoms with Crippen LogP contribution in [0.3, 0.4) is 0 Å². The molecule has 2 heterocycles. The Labute approximate surface area is 119 Å². The van der Waals surface area contributed by atoms with E-state index in [4.69, 9.17) is 0 Å². The Balaban J connectivity index is 2.16. The van der Waals surface area contributed by atoms with E-state index in [1.165, 1.54) is 4.31 Å². The maximum atomic E-state index is 12.3. The van der Waals surface area contributed by atoms with Gasteiger partial charge in [0.2, 0.25) is 15.9 Å². The first-order valence-corrected chi connectivity index (χ1v) is 8.42. The Kier molecular flexibility index (Phi) is 4.14. The minimum atomic E-state index is -3.37. The average molecular weight is 300 g/mol. The van der Waals surface area contributed by atoms with Crippen molar-refractivity contribution in [3.8, 4) is 0 Å². The molecule has 0 saturated carbocycles. The number of anilines is 1. The molecule has 2 rings (SSSR count). The largest absolute Gasteiger partial charge is 0.310 e. The van der Waals surface area contributed by atoms with Gasteiger partial charge in [-0.15, -0.1) is 0 Å². The fourth-order valence-corrected chi connectivity index (χ4v) is 3.63. The molecular formula is C12H20N4O3S. The molecule has 1 N–H and O–H groups in total. The lowest BCUT2D eigenvalue weighted by Crippen LogP contribution is -2.49. The van der Waals surface area contributed by atoms with Crippen LogP contribution < -0.4 is 5.32 Å². The van der Waals surface area contributed by atoms with Crippen molar-refractivity contribution in [2.45, 2.75) is 32.2 Å². The highest BCUT2D eigenvalue weighted by molar-refractivity contribution is 7.88. The summed E-state index contributed by atoms with van der Waals surface area (Å²) in [5.41, 5.74) is 0.798. The molecule has 112 valence electrons. The molecule has 0 radical (unpaired) electrons. The van der Waals surface area contributed by atoms with E-state index in [-0.39, 0.29) is 5.91 Å². The topological polar surface area (TPSA) is 84.3 Å². The molecule has 1 aliphatic rings. The van der Waals surface area contributed by atoms with Gasteiger partial charge < -0.3 is 5.32 Å². The van der Waals surface area contributed by atoms with Gasteiger partial charge in [-0.05, 0) is 19.8 Å². The van der Waals surface area contributed by atoms with Gasteiger partial charge in [-0.2, -0.15) is 9.40 Å². The number of aryl methyl sites for hydroxylation is 2. The number of piperidine rings is 1. The molecule has 1 aromatic heterocycles. The summed E-state index contributed by atoms with van der Waals surface area (Å²) >= 11 is 0. The number of carbonyl (C=O) groups is 1. The van der Waals surface area contributed by atoms with E-state index in [0.717, 1.165) is 24.8 Å².